The van der Waals surface area contributed by atoms with Gasteiger partial charge >= 0.3 is 0 Å². The Morgan fingerprint density at radius 1 is 1.00 bits per heavy atom. The van der Waals surface area contributed by atoms with Crippen LogP contribution in [0.15, 0.2) is 71.4 Å². The molecule has 110 valence electrons. The van der Waals surface area contributed by atoms with E-state index in [-0.39, 0.29) is 0 Å². The minimum atomic E-state index is 1.00. The van der Waals surface area contributed by atoms with E-state index in [9.17, 15) is 0 Å². The van der Waals surface area contributed by atoms with Gasteiger partial charge in [-0.25, -0.2) is 0 Å². The van der Waals surface area contributed by atoms with Crippen LogP contribution >= 0.6 is 0 Å². The average Bonchev–Trinajstić information content (AvgIpc) is 2.96. The van der Waals surface area contributed by atoms with Gasteiger partial charge in [-0.15, -0.1) is 0 Å². The normalized spacial score (nSPS) is 14.1. The molecule has 0 bridgehead atoms. The maximum atomic E-state index is 4.40. The molecule has 3 rings (SSSR count). The molecular weight excluding hydrogens is 268 g/mol. The lowest BCUT2D eigenvalue weighted by Gasteiger charge is -2.07. The van der Waals surface area contributed by atoms with Gasteiger partial charge in [0.25, 0.3) is 0 Å². The SMILES string of the molecule is CC1=CCC(c2ccccc2C=NNc2ccccc2C)=C1. The Balaban J connectivity index is 1.80. The van der Waals surface area contributed by atoms with Crippen LogP contribution in [0.5, 0.6) is 0 Å². The van der Waals surface area contributed by atoms with Crippen molar-refractivity contribution in [1.82, 2.24) is 0 Å². The number of aryl methyl sites for hydroxylation is 1. The molecule has 0 amide bonds. The van der Waals surface area contributed by atoms with E-state index in [2.05, 4.69) is 66.9 Å². The summed E-state index contributed by atoms with van der Waals surface area (Å²) in [6, 6.07) is 16.5. The number of benzene rings is 2. The quantitative estimate of drug-likeness (QED) is 0.609. The number of anilines is 1. The van der Waals surface area contributed by atoms with Crippen molar-refractivity contribution in [3.8, 4) is 0 Å². The lowest BCUT2D eigenvalue weighted by atomic mass is 9.99. The van der Waals surface area contributed by atoms with Crippen molar-refractivity contribution in [1.29, 1.82) is 0 Å². The molecule has 22 heavy (non-hydrogen) atoms. The van der Waals surface area contributed by atoms with E-state index >= 15 is 0 Å². The van der Waals surface area contributed by atoms with Gasteiger partial charge in [0.15, 0.2) is 0 Å². The van der Waals surface area contributed by atoms with Crippen molar-refractivity contribution in [2.45, 2.75) is 20.3 Å². The van der Waals surface area contributed by atoms with E-state index in [1.54, 1.807) is 0 Å². The molecule has 1 N–H and O–H groups in total. The number of hydrogen-bond donors (Lipinski definition) is 1. The molecule has 1 aliphatic rings. The molecule has 0 unspecified atom stereocenters. The zero-order valence-electron chi connectivity index (χ0n) is 13.0. The molecule has 2 aromatic carbocycles. The predicted octanol–water partition coefficient (Wildman–Crippen LogP) is 5.17. The molecule has 0 spiro atoms. The van der Waals surface area contributed by atoms with E-state index in [1.807, 2.05) is 24.4 Å². The predicted molar refractivity (Wildman–Crippen MR) is 95.2 cm³/mol. The number of hydrogen-bond acceptors (Lipinski definition) is 2. The molecule has 0 heterocycles. The fourth-order valence-electron chi connectivity index (χ4n) is 2.62. The first-order valence-electron chi connectivity index (χ1n) is 7.55. The zero-order valence-corrected chi connectivity index (χ0v) is 13.0. The van der Waals surface area contributed by atoms with Crippen molar-refractivity contribution >= 4 is 17.5 Å². The Morgan fingerprint density at radius 3 is 2.55 bits per heavy atom. The molecule has 0 saturated heterocycles. The Kier molecular flexibility index (Phi) is 4.19. The van der Waals surface area contributed by atoms with Crippen LogP contribution in [0, 0.1) is 6.92 Å². The summed E-state index contributed by atoms with van der Waals surface area (Å²) in [6.07, 6.45) is 7.41. The summed E-state index contributed by atoms with van der Waals surface area (Å²) in [4.78, 5) is 0. The van der Waals surface area contributed by atoms with Gasteiger partial charge in [0.2, 0.25) is 0 Å². The van der Waals surface area contributed by atoms with E-state index in [4.69, 9.17) is 0 Å². The van der Waals surface area contributed by atoms with Crippen LogP contribution in [0.1, 0.15) is 30.0 Å². The average molecular weight is 288 g/mol. The topological polar surface area (TPSA) is 24.4 Å². The molecule has 1 aliphatic carbocycles. The lowest BCUT2D eigenvalue weighted by Crippen LogP contribution is -1.95. The molecule has 0 atom stereocenters. The summed E-state index contributed by atoms with van der Waals surface area (Å²) in [5.74, 6) is 0. The Morgan fingerprint density at radius 2 is 1.77 bits per heavy atom. The first kappa shape index (κ1) is 14.3. The Bertz CT molecular complexity index is 767. The van der Waals surface area contributed by atoms with Crippen LogP contribution in [-0.2, 0) is 0 Å². The van der Waals surface area contributed by atoms with Crippen LogP contribution in [0.4, 0.5) is 5.69 Å². The van der Waals surface area contributed by atoms with Crippen molar-refractivity contribution < 1.29 is 0 Å². The van der Waals surface area contributed by atoms with Gasteiger partial charge in [0, 0.05) is 5.56 Å². The first-order valence-corrected chi connectivity index (χ1v) is 7.55. The van der Waals surface area contributed by atoms with Crippen molar-refractivity contribution in [2.24, 2.45) is 5.10 Å². The van der Waals surface area contributed by atoms with Crippen molar-refractivity contribution in [3.05, 3.63) is 82.9 Å². The molecule has 0 aromatic heterocycles. The van der Waals surface area contributed by atoms with E-state index < -0.39 is 0 Å². The number of hydrazone groups is 1. The summed E-state index contributed by atoms with van der Waals surface area (Å²) in [6.45, 7) is 4.22. The molecule has 2 heteroatoms. The van der Waals surface area contributed by atoms with Gasteiger partial charge in [-0.1, -0.05) is 60.2 Å². The van der Waals surface area contributed by atoms with Crippen LogP contribution in [0.25, 0.3) is 5.57 Å². The summed E-state index contributed by atoms with van der Waals surface area (Å²) in [7, 11) is 0. The monoisotopic (exact) mass is 288 g/mol. The largest absolute Gasteiger partial charge is 0.278 e. The van der Waals surface area contributed by atoms with Crippen LogP contribution in [-0.4, -0.2) is 6.21 Å². The van der Waals surface area contributed by atoms with Gasteiger partial charge < -0.3 is 0 Å². The van der Waals surface area contributed by atoms with E-state index in [0.717, 1.165) is 17.7 Å². The summed E-state index contributed by atoms with van der Waals surface area (Å²) < 4.78 is 0. The third-order valence-corrected chi connectivity index (χ3v) is 3.89. The zero-order chi connectivity index (χ0) is 15.4. The minimum absolute atomic E-state index is 1.00. The highest BCUT2D eigenvalue weighted by atomic mass is 15.3. The second-order valence-electron chi connectivity index (χ2n) is 5.59. The van der Waals surface area contributed by atoms with Crippen LogP contribution in [0.2, 0.25) is 0 Å². The maximum Gasteiger partial charge on any atom is 0.0590 e. The number of nitrogens with zero attached hydrogens (tertiary/aromatic N) is 1. The molecule has 0 fully saturated rings. The summed E-state index contributed by atoms with van der Waals surface area (Å²) in [5, 5.41) is 4.40. The van der Waals surface area contributed by atoms with E-state index in [1.165, 1.54) is 22.3 Å². The molecule has 2 nitrogen and oxygen atoms in total. The number of allylic oxidation sites excluding steroid dienone is 4. The van der Waals surface area contributed by atoms with Crippen molar-refractivity contribution in [2.75, 3.05) is 5.43 Å². The van der Waals surface area contributed by atoms with Gasteiger partial charge in [-0.05, 0) is 43.0 Å². The number of nitrogens with one attached hydrogen (secondary N) is 1. The fourth-order valence-corrected chi connectivity index (χ4v) is 2.62. The first-order chi connectivity index (χ1) is 10.7. The second kappa shape index (κ2) is 6.44. The lowest BCUT2D eigenvalue weighted by molar-refractivity contribution is 1.31. The molecule has 0 aliphatic heterocycles. The highest BCUT2D eigenvalue weighted by molar-refractivity contribution is 5.90. The van der Waals surface area contributed by atoms with Crippen LogP contribution in [0.3, 0.4) is 0 Å². The van der Waals surface area contributed by atoms with E-state index in [0.29, 0.717) is 0 Å². The van der Waals surface area contributed by atoms with Gasteiger partial charge in [-0.3, -0.25) is 5.43 Å². The van der Waals surface area contributed by atoms with Crippen molar-refractivity contribution in [3.63, 3.8) is 0 Å². The summed E-state index contributed by atoms with van der Waals surface area (Å²) >= 11 is 0. The fraction of sp³-hybridized carbons (Fsp3) is 0.150. The Labute approximate surface area is 131 Å². The smallest absolute Gasteiger partial charge is 0.0590 e. The van der Waals surface area contributed by atoms with Crippen LogP contribution < -0.4 is 5.43 Å². The Hall–Kier alpha value is -2.61. The highest BCUT2D eigenvalue weighted by Gasteiger charge is 2.09. The standard InChI is InChI=1S/C20H20N2/c1-15-11-12-17(13-15)19-9-5-4-8-18(19)14-21-22-20-10-6-3-7-16(20)2/h3-11,13-14,22H,12H2,1-2H3. The van der Waals surface area contributed by atoms with Gasteiger partial charge in [0.1, 0.15) is 0 Å². The maximum absolute atomic E-state index is 4.40. The van der Waals surface area contributed by atoms with Gasteiger partial charge in [-0.2, -0.15) is 5.10 Å². The number of rotatable bonds is 4. The minimum Gasteiger partial charge on any atom is -0.278 e. The third-order valence-electron chi connectivity index (χ3n) is 3.89. The molecule has 0 saturated carbocycles. The number of para-hydroxylation sites is 1. The molecule has 2 aromatic rings. The molecular formula is C20H20N2. The second-order valence-corrected chi connectivity index (χ2v) is 5.59. The highest BCUT2D eigenvalue weighted by Crippen LogP contribution is 2.28. The third kappa shape index (κ3) is 3.17. The summed E-state index contributed by atoms with van der Waals surface area (Å²) in [5.41, 5.74) is 10.4. The van der Waals surface area contributed by atoms with Gasteiger partial charge in [0.05, 0.1) is 11.9 Å². The molecule has 0 radical (unpaired) electrons.